The lowest BCUT2D eigenvalue weighted by Crippen LogP contribution is -2.60. The fourth-order valence-electron chi connectivity index (χ4n) is 2.41. The van der Waals surface area contributed by atoms with Crippen molar-refractivity contribution in [2.24, 2.45) is 0 Å². The molecule has 2 fully saturated rings. The molecule has 1 N–H and O–H groups in total. The highest BCUT2D eigenvalue weighted by Crippen LogP contribution is 2.37. The molecule has 1 atom stereocenters. The first-order valence-electron chi connectivity index (χ1n) is 6.26. The Morgan fingerprint density at radius 2 is 1.70 bits per heavy atom. The van der Waals surface area contributed by atoms with Gasteiger partial charge in [0.15, 0.2) is 0 Å². The van der Waals surface area contributed by atoms with Gasteiger partial charge in [0.25, 0.3) is 23.5 Å². The molecule has 2 aliphatic heterocycles. The van der Waals surface area contributed by atoms with Crippen molar-refractivity contribution in [1.29, 1.82) is 0 Å². The molecule has 0 bridgehead atoms. The maximum atomic E-state index is 14.9. The molecule has 5 nitrogen and oxygen atoms in total. The number of imide groups is 1. The van der Waals surface area contributed by atoms with Crippen LogP contribution in [0.2, 0.25) is 0 Å². The van der Waals surface area contributed by atoms with Crippen LogP contribution in [0.15, 0.2) is 35.6 Å². The van der Waals surface area contributed by atoms with E-state index in [2.05, 4.69) is 11.9 Å². The fraction of sp³-hybridized carbons (Fsp3) is 0.357. The van der Waals surface area contributed by atoms with Crippen molar-refractivity contribution in [3.63, 3.8) is 0 Å². The largest absolute Gasteiger partial charge is 0.326 e. The highest BCUT2D eigenvalue weighted by Gasteiger charge is 2.56. The highest BCUT2D eigenvalue weighted by molar-refractivity contribution is 6.26. The minimum atomic E-state index is -2.66. The van der Waals surface area contributed by atoms with E-state index in [1.165, 1.54) is 12.2 Å². The topological polar surface area (TPSA) is 66.5 Å². The number of carbonyl (C=O) groups excluding carboxylic acids is 3. The van der Waals surface area contributed by atoms with E-state index in [4.69, 9.17) is 0 Å². The van der Waals surface area contributed by atoms with Crippen molar-refractivity contribution in [1.82, 2.24) is 10.2 Å². The van der Waals surface area contributed by atoms with E-state index < -0.39 is 23.5 Å². The highest BCUT2D eigenvalue weighted by atomic mass is 19.1. The van der Waals surface area contributed by atoms with Crippen LogP contribution in [-0.2, 0) is 14.4 Å². The zero-order valence-corrected chi connectivity index (χ0v) is 11.3. The Hall–Kier alpha value is -2.24. The zero-order valence-electron chi connectivity index (χ0n) is 11.3. The molecule has 3 amide bonds. The van der Waals surface area contributed by atoms with Crippen LogP contribution in [0.1, 0.15) is 26.7 Å². The van der Waals surface area contributed by atoms with E-state index in [1.807, 2.05) is 0 Å². The first-order chi connectivity index (χ1) is 9.36. The molecule has 20 heavy (non-hydrogen) atoms. The predicted octanol–water partition coefficient (Wildman–Crippen LogP) is 1.34. The minimum Gasteiger partial charge on any atom is -0.326 e. The molecule has 0 aromatic rings. The van der Waals surface area contributed by atoms with E-state index in [1.54, 1.807) is 13.8 Å². The Kier molecular flexibility index (Phi) is 3.33. The van der Waals surface area contributed by atoms with E-state index in [0.29, 0.717) is 10.6 Å². The average Bonchev–Trinajstić information content (AvgIpc) is 2.65. The molecule has 0 radical (unpaired) electrons. The van der Waals surface area contributed by atoms with Gasteiger partial charge in [-0.2, -0.15) is 0 Å². The number of alkyl halides is 1. The molecule has 2 heterocycles. The van der Waals surface area contributed by atoms with Crippen molar-refractivity contribution < 1.29 is 18.8 Å². The second-order valence-corrected chi connectivity index (χ2v) is 4.67. The number of piperidine rings is 1. The van der Waals surface area contributed by atoms with E-state index in [-0.39, 0.29) is 24.0 Å². The number of allylic oxidation sites excluding steroid dienone is 3. The molecular formula is C14H15FN2O3. The monoisotopic (exact) mass is 278 g/mol. The van der Waals surface area contributed by atoms with Crippen molar-refractivity contribution in [2.75, 3.05) is 0 Å². The quantitative estimate of drug-likeness (QED) is 0.447. The van der Waals surface area contributed by atoms with Crippen LogP contribution in [-0.4, -0.2) is 28.4 Å². The number of hydrogen-bond donors (Lipinski definition) is 1. The maximum absolute atomic E-state index is 14.9. The summed E-state index contributed by atoms with van der Waals surface area (Å²) in [6, 6.07) is 0. The zero-order chi connectivity index (χ0) is 15.1. The van der Waals surface area contributed by atoms with Crippen LogP contribution in [0.3, 0.4) is 0 Å². The van der Waals surface area contributed by atoms with Gasteiger partial charge in [-0.05, 0) is 20.3 Å². The van der Waals surface area contributed by atoms with E-state index in [0.717, 1.165) is 0 Å². The van der Waals surface area contributed by atoms with E-state index in [9.17, 15) is 18.8 Å². The smallest absolute Gasteiger partial charge is 0.283 e. The summed E-state index contributed by atoms with van der Waals surface area (Å²) in [7, 11) is 0. The Labute approximate surface area is 115 Å². The first kappa shape index (κ1) is 14.2. The van der Waals surface area contributed by atoms with Crippen LogP contribution in [0.4, 0.5) is 4.39 Å². The summed E-state index contributed by atoms with van der Waals surface area (Å²) in [6.07, 6.45) is 2.79. The van der Waals surface area contributed by atoms with Crippen LogP contribution in [0.5, 0.6) is 0 Å². The van der Waals surface area contributed by atoms with Crippen LogP contribution in [0, 0.1) is 0 Å². The van der Waals surface area contributed by atoms with Gasteiger partial charge in [0.2, 0.25) is 0 Å². The summed E-state index contributed by atoms with van der Waals surface area (Å²) >= 11 is 0. The minimum absolute atomic E-state index is 0.117. The van der Waals surface area contributed by atoms with Crippen molar-refractivity contribution in [3.8, 4) is 0 Å². The SMILES string of the molecule is C=C1CCC(F)(N2C(=O)C(=C/C)/C(=C\C)C2=O)C(=O)N1. The third kappa shape index (κ3) is 1.79. The number of nitrogens with zero attached hydrogens (tertiary/aromatic N) is 1. The van der Waals surface area contributed by atoms with Crippen molar-refractivity contribution >= 4 is 17.7 Å². The van der Waals surface area contributed by atoms with Crippen LogP contribution >= 0.6 is 0 Å². The summed E-state index contributed by atoms with van der Waals surface area (Å²) in [6.45, 7) is 6.72. The summed E-state index contributed by atoms with van der Waals surface area (Å²) in [5.41, 5.74) is 0.610. The Morgan fingerprint density at radius 1 is 1.20 bits per heavy atom. The van der Waals surface area contributed by atoms with Crippen molar-refractivity contribution in [2.45, 2.75) is 32.5 Å². The standard InChI is InChI=1S/C14H15FN2O3/c1-4-9-10(5-2)12(19)17(11(9)18)14(15)7-6-8(3)16-13(14)20/h4-5H,3,6-7H2,1-2H3,(H,16,20)/b9-4+,10-5+. The van der Waals surface area contributed by atoms with Crippen LogP contribution < -0.4 is 5.32 Å². The van der Waals surface area contributed by atoms with Gasteiger partial charge in [0.1, 0.15) is 0 Å². The van der Waals surface area contributed by atoms with Gasteiger partial charge < -0.3 is 5.32 Å². The van der Waals surface area contributed by atoms with Crippen LogP contribution in [0.25, 0.3) is 0 Å². The summed E-state index contributed by atoms with van der Waals surface area (Å²) < 4.78 is 14.9. The second-order valence-electron chi connectivity index (χ2n) is 4.67. The third-order valence-corrected chi connectivity index (χ3v) is 3.49. The Balaban J connectivity index is 2.48. The molecule has 2 aliphatic rings. The number of nitrogens with one attached hydrogen (secondary N) is 1. The molecule has 0 aromatic heterocycles. The predicted molar refractivity (Wildman–Crippen MR) is 69.7 cm³/mol. The number of likely N-dealkylation sites (tertiary alicyclic amines) is 1. The average molecular weight is 278 g/mol. The molecule has 0 aromatic carbocycles. The molecule has 0 aliphatic carbocycles. The van der Waals surface area contributed by atoms with Gasteiger partial charge >= 0.3 is 0 Å². The molecule has 106 valence electrons. The van der Waals surface area contributed by atoms with Gasteiger partial charge in [-0.15, -0.1) is 0 Å². The Morgan fingerprint density at radius 3 is 2.10 bits per heavy atom. The van der Waals surface area contributed by atoms with Crippen molar-refractivity contribution in [3.05, 3.63) is 35.6 Å². The number of carbonyl (C=O) groups is 3. The summed E-state index contributed by atoms with van der Waals surface area (Å²) in [5.74, 6) is -5.25. The number of rotatable bonds is 1. The number of halogens is 1. The normalized spacial score (nSPS) is 31.4. The Bertz CT molecular complexity index is 561. The fourth-order valence-corrected chi connectivity index (χ4v) is 2.41. The lowest BCUT2D eigenvalue weighted by molar-refractivity contribution is -0.166. The third-order valence-electron chi connectivity index (χ3n) is 3.49. The molecule has 0 spiro atoms. The molecular weight excluding hydrogens is 263 g/mol. The number of hydrogen-bond acceptors (Lipinski definition) is 3. The first-order valence-corrected chi connectivity index (χ1v) is 6.26. The van der Waals surface area contributed by atoms with Gasteiger partial charge in [0, 0.05) is 23.3 Å². The maximum Gasteiger partial charge on any atom is 0.283 e. The molecule has 6 heteroatoms. The van der Waals surface area contributed by atoms with E-state index >= 15 is 0 Å². The van der Waals surface area contributed by atoms with Gasteiger partial charge in [-0.25, -0.2) is 9.29 Å². The molecule has 1 unspecified atom stereocenters. The van der Waals surface area contributed by atoms with Gasteiger partial charge in [0.05, 0.1) is 0 Å². The lowest BCUT2D eigenvalue weighted by Gasteiger charge is -2.35. The van der Waals surface area contributed by atoms with Gasteiger partial charge in [-0.3, -0.25) is 14.4 Å². The lowest BCUT2D eigenvalue weighted by atomic mass is 10.0. The molecule has 0 saturated carbocycles. The second kappa shape index (κ2) is 4.70. The summed E-state index contributed by atoms with van der Waals surface area (Å²) in [4.78, 5) is 36.7. The van der Waals surface area contributed by atoms with Gasteiger partial charge in [-0.1, -0.05) is 18.7 Å². The number of amides is 3. The molecule has 2 saturated heterocycles. The summed E-state index contributed by atoms with van der Waals surface area (Å²) in [5, 5.41) is 2.26. The molecule has 2 rings (SSSR count).